The number of hydrogen-bond donors (Lipinski definition) is 1. The molecule has 1 aliphatic rings. The minimum absolute atomic E-state index is 0.0568. The van der Waals surface area contributed by atoms with Gasteiger partial charge in [0.2, 0.25) is 10.0 Å². The SMILES string of the molecule is O=C(Nc1cccc(-n2cnnn2)c1)c1cc(S(=O)(=O)N2CCCCC2)ccc1Cl. The summed E-state index contributed by atoms with van der Waals surface area (Å²) in [5, 5.41) is 13.9. The van der Waals surface area contributed by atoms with Gasteiger partial charge in [0.15, 0.2) is 0 Å². The number of hydrogen-bond acceptors (Lipinski definition) is 6. The Hall–Kier alpha value is -2.82. The number of amides is 1. The molecule has 0 bridgehead atoms. The lowest BCUT2D eigenvalue weighted by Crippen LogP contribution is -2.35. The predicted octanol–water partition coefficient (Wildman–Crippen LogP) is 2.74. The van der Waals surface area contributed by atoms with E-state index in [2.05, 4.69) is 20.8 Å². The fourth-order valence-electron chi connectivity index (χ4n) is 3.30. The van der Waals surface area contributed by atoms with Crippen molar-refractivity contribution in [1.29, 1.82) is 0 Å². The molecule has 156 valence electrons. The highest BCUT2D eigenvalue weighted by molar-refractivity contribution is 7.89. The molecule has 30 heavy (non-hydrogen) atoms. The molecule has 0 atom stereocenters. The second-order valence-electron chi connectivity index (χ2n) is 6.87. The third-order valence-electron chi connectivity index (χ3n) is 4.85. The first-order valence-corrected chi connectivity index (χ1v) is 11.2. The summed E-state index contributed by atoms with van der Waals surface area (Å²) in [5.74, 6) is -0.510. The molecule has 1 aliphatic heterocycles. The zero-order valence-electron chi connectivity index (χ0n) is 15.9. The number of nitrogens with zero attached hydrogens (tertiary/aromatic N) is 5. The Morgan fingerprint density at radius 2 is 1.87 bits per heavy atom. The summed E-state index contributed by atoms with van der Waals surface area (Å²) in [5.41, 5.74) is 1.24. The first-order valence-electron chi connectivity index (χ1n) is 9.39. The molecule has 1 saturated heterocycles. The quantitative estimate of drug-likeness (QED) is 0.645. The van der Waals surface area contributed by atoms with Crippen LogP contribution in [0.15, 0.2) is 53.7 Å². The summed E-state index contributed by atoms with van der Waals surface area (Å²) in [4.78, 5) is 12.9. The summed E-state index contributed by atoms with van der Waals surface area (Å²) in [6.45, 7) is 0.965. The molecule has 11 heteroatoms. The number of rotatable bonds is 5. The van der Waals surface area contributed by atoms with Crippen molar-refractivity contribution in [3.8, 4) is 5.69 Å². The molecule has 3 aromatic rings. The molecule has 1 aromatic heterocycles. The highest BCUT2D eigenvalue weighted by atomic mass is 35.5. The Balaban J connectivity index is 1.59. The van der Waals surface area contributed by atoms with Crippen molar-refractivity contribution in [2.75, 3.05) is 18.4 Å². The standard InChI is InChI=1S/C19H19ClN6O3S/c20-18-8-7-16(30(28,29)25-9-2-1-3-10-25)12-17(18)19(27)22-14-5-4-6-15(11-14)26-13-21-23-24-26/h4-8,11-13H,1-3,9-10H2,(H,22,27). The Labute approximate surface area is 178 Å². The first-order chi connectivity index (χ1) is 14.4. The molecule has 0 aliphatic carbocycles. The topological polar surface area (TPSA) is 110 Å². The third kappa shape index (κ3) is 4.20. The van der Waals surface area contributed by atoms with Gasteiger partial charge in [-0.05, 0) is 59.7 Å². The van der Waals surface area contributed by atoms with Crippen LogP contribution < -0.4 is 5.32 Å². The minimum Gasteiger partial charge on any atom is -0.322 e. The van der Waals surface area contributed by atoms with Crippen molar-refractivity contribution in [3.05, 3.63) is 59.4 Å². The van der Waals surface area contributed by atoms with Crippen molar-refractivity contribution >= 4 is 33.2 Å². The van der Waals surface area contributed by atoms with Crippen LogP contribution in [-0.2, 0) is 10.0 Å². The highest BCUT2D eigenvalue weighted by Crippen LogP contribution is 2.26. The maximum atomic E-state index is 12.9. The van der Waals surface area contributed by atoms with Gasteiger partial charge >= 0.3 is 0 Å². The van der Waals surface area contributed by atoms with Crippen LogP contribution in [0.1, 0.15) is 29.6 Å². The normalized spacial score (nSPS) is 15.1. The van der Waals surface area contributed by atoms with E-state index in [1.165, 1.54) is 33.5 Å². The van der Waals surface area contributed by atoms with Crippen LogP contribution in [0.25, 0.3) is 5.69 Å². The van der Waals surface area contributed by atoms with Crippen molar-refractivity contribution in [3.63, 3.8) is 0 Å². The van der Waals surface area contributed by atoms with Crippen molar-refractivity contribution < 1.29 is 13.2 Å². The summed E-state index contributed by atoms with van der Waals surface area (Å²) < 4.78 is 28.8. The van der Waals surface area contributed by atoms with E-state index in [9.17, 15) is 13.2 Å². The molecule has 0 unspecified atom stereocenters. The number of sulfonamides is 1. The van der Waals surface area contributed by atoms with Crippen LogP contribution in [-0.4, -0.2) is 51.9 Å². The molecular weight excluding hydrogens is 428 g/mol. The Kier molecular flexibility index (Phi) is 5.80. The predicted molar refractivity (Wildman–Crippen MR) is 111 cm³/mol. The van der Waals surface area contributed by atoms with Crippen LogP contribution >= 0.6 is 11.6 Å². The maximum Gasteiger partial charge on any atom is 0.257 e. The number of benzene rings is 2. The van der Waals surface area contributed by atoms with E-state index >= 15 is 0 Å². The van der Waals surface area contributed by atoms with Gasteiger partial charge in [0.25, 0.3) is 5.91 Å². The van der Waals surface area contributed by atoms with Gasteiger partial charge in [0.1, 0.15) is 6.33 Å². The van der Waals surface area contributed by atoms with Crippen molar-refractivity contribution in [2.45, 2.75) is 24.2 Å². The van der Waals surface area contributed by atoms with Gasteiger partial charge in [-0.25, -0.2) is 13.1 Å². The van der Waals surface area contributed by atoms with Gasteiger partial charge in [-0.15, -0.1) is 5.10 Å². The lowest BCUT2D eigenvalue weighted by atomic mass is 10.2. The molecule has 1 fully saturated rings. The lowest BCUT2D eigenvalue weighted by Gasteiger charge is -2.26. The average molecular weight is 447 g/mol. The monoisotopic (exact) mass is 446 g/mol. The number of piperidine rings is 1. The van der Waals surface area contributed by atoms with Crippen LogP contribution in [0.4, 0.5) is 5.69 Å². The lowest BCUT2D eigenvalue weighted by molar-refractivity contribution is 0.102. The van der Waals surface area contributed by atoms with Crippen LogP contribution in [0.2, 0.25) is 5.02 Å². The summed E-state index contributed by atoms with van der Waals surface area (Å²) in [6, 6.07) is 11.1. The smallest absolute Gasteiger partial charge is 0.257 e. The van der Waals surface area contributed by atoms with E-state index in [1.807, 2.05) is 0 Å². The van der Waals surface area contributed by atoms with E-state index in [-0.39, 0.29) is 15.5 Å². The average Bonchev–Trinajstić information content (AvgIpc) is 3.30. The van der Waals surface area contributed by atoms with Gasteiger partial charge in [-0.1, -0.05) is 24.1 Å². The van der Waals surface area contributed by atoms with Crippen LogP contribution in [0.5, 0.6) is 0 Å². The van der Waals surface area contributed by atoms with Crippen LogP contribution in [0.3, 0.4) is 0 Å². The molecule has 0 saturated carbocycles. The first kappa shape index (κ1) is 20.5. The fourth-order valence-corrected chi connectivity index (χ4v) is 5.04. The molecule has 1 amide bonds. The Bertz CT molecular complexity index is 1160. The zero-order chi connectivity index (χ0) is 21.1. The number of carbonyl (C=O) groups excluding carboxylic acids is 1. The van der Waals surface area contributed by atoms with E-state index in [0.29, 0.717) is 24.5 Å². The van der Waals surface area contributed by atoms with Gasteiger partial charge < -0.3 is 5.32 Å². The van der Waals surface area contributed by atoms with Gasteiger partial charge in [-0.3, -0.25) is 4.79 Å². The molecule has 0 radical (unpaired) electrons. The Morgan fingerprint density at radius 3 is 2.60 bits per heavy atom. The fraction of sp³-hybridized carbons (Fsp3) is 0.263. The number of carbonyl (C=O) groups is 1. The molecule has 2 heterocycles. The van der Waals surface area contributed by atoms with E-state index in [0.717, 1.165) is 19.3 Å². The second kappa shape index (κ2) is 8.50. The summed E-state index contributed by atoms with van der Waals surface area (Å²) in [7, 11) is -3.67. The van der Waals surface area contributed by atoms with Gasteiger partial charge in [0.05, 0.1) is 21.2 Å². The molecule has 1 N–H and O–H groups in total. The summed E-state index contributed by atoms with van der Waals surface area (Å²) >= 11 is 6.21. The number of nitrogens with one attached hydrogen (secondary N) is 1. The number of aromatic nitrogens is 4. The molecule has 4 rings (SSSR count). The second-order valence-corrected chi connectivity index (χ2v) is 9.21. The molecule has 0 spiro atoms. The number of tetrazole rings is 1. The van der Waals surface area contributed by atoms with E-state index < -0.39 is 15.9 Å². The molecule has 2 aromatic carbocycles. The minimum atomic E-state index is -3.67. The van der Waals surface area contributed by atoms with E-state index in [1.54, 1.807) is 24.3 Å². The van der Waals surface area contributed by atoms with Crippen molar-refractivity contribution in [1.82, 2.24) is 24.5 Å². The summed E-state index contributed by atoms with van der Waals surface area (Å²) in [6.07, 6.45) is 4.12. The Morgan fingerprint density at radius 1 is 1.07 bits per heavy atom. The van der Waals surface area contributed by atoms with E-state index in [4.69, 9.17) is 11.6 Å². The number of halogens is 1. The van der Waals surface area contributed by atoms with Gasteiger partial charge in [0, 0.05) is 18.8 Å². The largest absolute Gasteiger partial charge is 0.322 e. The third-order valence-corrected chi connectivity index (χ3v) is 7.08. The molecule has 9 nitrogen and oxygen atoms in total. The molecular formula is C19H19ClN6O3S. The maximum absolute atomic E-state index is 12.9. The number of anilines is 1. The zero-order valence-corrected chi connectivity index (χ0v) is 17.5. The van der Waals surface area contributed by atoms with Gasteiger partial charge in [-0.2, -0.15) is 4.31 Å². The highest BCUT2D eigenvalue weighted by Gasteiger charge is 2.27. The van der Waals surface area contributed by atoms with Crippen molar-refractivity contribution in [2.24, 2.45) is 0 Å². The van der Waals surface area contributed by atoms with Crippen LogP contribution in [0, 0.1) is 0 Å².